The van der Waals surface area contributed by atoms with Gasteiger partial charge in [-0.05, 0) is 74.1 Å². The third kappa shape index (κ3) is 1.49. The summed E-state index contributed by atoms with van der Waals surface area (Å²) in [4.78, 5) is 0. The summed E-state index contributed by atoms with van der Waals surface area (Å²) in [6, 6.07) is 17.1. The lowest BCUT2D eigenvalue weighted by molar-refractivity contribution is 1.30. The first-order valence-electron chi connectivity index (χ1n) is 9.48. The van der Waals surface area contributed by atoms with Gasteiger partial charge in [-0.2, -0.15) is 0 Å². The van der Waals surface area contributed by atoms with Crippen LogP contribution in [-0.4, -0.2) is 0 Å². The highest BCUT2D eigenvalue weighted by Crippen LogP contribution is 2.49. The first-order valence-corrected chi connectivity index (χ1v) is 9.48. The SMILES string of the molecule is [N-]=Nc1cc2cccc3cc4cc5c6c(cc(N)c7cc1c(c23)c4c76)C=CC5. The molecule has 0 aliphatic heterocycles. The van der Waals surface area contributed by atoms with Gasteiger partial charge in [0.2, 0.25) is 0 Å². The summed E-state index contributed by atoms with van der Waals surface area (Å²) < 4.78 is 0. The Balaban J connectivity index is 1.95. The molecule has 7 rings (SSSR count). The smallest absolute Gasteiger partial charge is 0.0482 e. The van der Waals surface area contributed by atoms with Crippen LogP contribution in [0.1, 0.15) is 11.1 Å². The van der Waals surface area contributed by atoms with Crippen LogP contribution in [0.4, 0.5) is 11.4 Å². The van der Waals surface area contributed by atoms with Crippen molar-refractivity contribution in [3.63, 3.8) is 0 Å². The summed E-state index contributed by atoms with van der Waals surface area (Å²) in [5.74, 6) is 0. The van der Waals surface area contributed by atoms with Crippen molar-refractivity contribution in [2.24, 2.45) is 5.11 Å². The summed E-state index contributed by atoms with van der Waals surface area (Å²) in [7, 11) is 0. The van der Waals surface area contributed by atoms with Crippen LogP contribution in [0, 0.1) is 0 Å². The molecular formula is C25H14N3-. The standard InChI is InChI=1S/C25H14N3/c26-19-9-14-5-1-3-12-7-16-8-13-4-2-6-15-10-20(28-27)18-11-17(19)24(21(12)14)23(16)25(18)22(13)15/h1-2,4-11H,3,26H2/q-1. The molecule has 0 heterocycles. The Hall–Kier alpha value is -3.72. The second kappa shape index (κ2) is 4.57. The quantitative estimate of drug-likeness (QED) is 0.145. The molecule has 6 aromatic rings. The van der Waals surface area contributed by atoms with Crippen LogP contribution >= 0.6 is 0 Å². The van der Waals surface area contributed by atoms with Gasteiger partial charge in [-0.25, -0.2) is 0 Å². The van der Waals surface area contributed by atoms with E-state index in [2.05, 4.69) is 59.7 Å². The lowest BCUT2D eigenvalue weighted by Crippen LogP contribution is -2.00. The minimum atomic E-state index is 0.589. The highest BCUT2D eigenvalue weighted by atomic mass is 15.0. The molecule has 3 heteroatoms. The molecule has 130 valence electrons. The predicted molar refractivity (Wildman–Crippen MR) is 119 cm³/mol. The average molecular weight is 356 g/mol. The Morgan fingerprint density at radius 3 is 2.46 bits per heavy atom. The van der Waals surface area contributed by atoms with E-state index in [0.29, 0.717) is 5.69 Å². The highest BCUT2D eigenvalue weighted by Gasteiger charge is 2.22. The number of rotatable bonds is 1. The fourth-order valence-corrected chi connectivity index (χ4v) is 5.37. The van der Waals surface area contributed by atoms with Crippen molar-refractivity contribution >= 4 is 71.3 Å². The number of anilines is 1. The first kappa shape index (κ1) is 14.4. The normalized spacial score (nSPS) is 13.7. The monoisotopic (exact) mass is 356 g/mol. The molecular weight excluding hydrogens is 342 g/mol. The van der Waals surface area contributed by atoms with Gasteiger partial charge in [-0.3, -0.25) is 0 Å². The lowest BCUT2D eigenvalue weighted by atomic mass is 9.81. The molecule has 0 saturated heterocycles. The minimum absolute atomic E-state index is 0.589. The zero-order chi connectivity index (χ0) is 18.6. The third-order valence-corrected chi connectivity index (χ3v) is 6.43. The van der Waals surface area contributed by atoms with Crippen molar-refractivity contribution < 1.29 is 0 Å². The predicted octanol–water partition coefficient (Wildman–Crippen LogP) is 7.13. The molecule has 0 unspecified atom stereocenters. The second-order valence-corrected chi connectivity index (χ2v) is 7.84. The number of hydrogen-bond donors (Lipinski definition) is 1. The van der Waals surface area contributed by atoms with Gasteiger partial charge in [0.15, 0.2) is 0 Å². The number of benzene rings is 6. The van der Waals surface area contributed by atoms with Crippen LogP contribution in [-0.2, 0) is 6.42 Å². The van der Waals surface area contributed by atoms with Crippen LogP contribution < -0.4 is 5.73 Å². The van der Waals surface area contributed by atoms with Gasteiger partial charge in [0.1, 0.15) is 0 Å². The molecule has 28 heavy (non-hydrogen) atoms. The van der Waals surface area contributed by atoms with E-state index in [4.69, 9.17) is 5.73 Å². The van der Waals surface area contributed by atoms with Crippen LogP contribution in [0.25, 0.3) is 65.5 Å². The number of nitrogen functional groups attached to an aromatic ring is 1. The summed E-state index contributed by atoms with van der Waals surface area (Å²) >= 11 is 0. The molecule has 1 aliphatic rings. The molecule has 0 spiro atoms. The van der Waals surface area contributed by atoms with E-state index in [1.54, 1.807) is 0 Å². The van der Waals surface area contributed by atoms with E-state index in [9.17, 15) is 5.53 Å². The van der Waals surface area contributed by atoms with E-state index in [-0.39, 0.29) is 0 Å². The van der Waals surface area contributed by atoms with Crippen LogP contribution in [0.2, 0.25) is 0 Å². The third-order valence-electron chi connectivity index (χ3n) is 6.43. The molecule has 2 N–H and O–H groups in total. The van der Waals surface area contributed by atoms with E-state index < -0.39 is 0 Å². The second-order valence-electron chi connectivity index (χ2n) is 7.84. The van der Waals surface area contributed by atoms with Gasteiger partial charge in [0, 0.05) is 32.9 Å². The zero-order valence-electron chi connectivity index (χ0n) is 15.0. The van der Waals surface area contributed by atoms with Gasteiger partial charge in [-0.15, -0.1) is 0 Å². The van der Waals surface area contributed by atoms with Crippen molar-refractivity contribution in [3.05, 3.63) is 71.3 Å². The molecule has 0 radical (unpaired) electrons. The van der Waals surface area contributed by atoms with Gasteiger partial charge >= 0.3 is 0 Å². The molecule has 0 amide bonds. The van der Waals surface area contributed by atoms with E-state index in [0.717, 1.165) is 28.3 Å². The van der Waals surface area contributed by atoms with Crippen LogP contribution in [0.15, 0.2) is 59.7 Å². The molecule has 0 saturated carbocycles. The van der Waals surface area contributed by atoms with Crippen LogP contribution in [0.5, 0.6) is 0 Å². The Morgan fingerprint density at radius 2 is 1.61 bits per heavy atom. The molecule has 3 nitrogen and oxygen atoms in total. The van der Waals surface area contributed by atoms with E-state index in [1.165, 1.54) is 48.8 Å². The Labute approximate surface area is 160 Å². The first-order chi connectivity index (χ1) is 13.7. The van der Waals surface area contributed by atoms with Crippen molar-refractivity contribution in [2.45, 2.75) is 6.42 Å². The summed E-state index contributed by atoms with van der Waals surface area (Å²) in [6.45, 7) is 0. The lowest BCUT2D eigenvalue weighted by Gasteiger charge is -2.23. The number of nitrogens with two attached hydrogens (primary N) is 1. The van der Waals surface area contributed by atoms with Crippen molar-refractivity contribution in [2.75, 3.05) is 5.73 Å². The maximum absolute atomic E-state index is 9.74. The van der Waals surface area contributed by atoms with Crippen LogP contribution in [0.3, 0.4) is 0 Å². The van der Waals surface area contributed by atoms with Crippen molar-refractivity contribution in [1.82, 2.24) is 0 Å². The maximum Gasteiger partial charge on any atom is 0.0482 e. The molecule has 0 fully saturated rings. The van der Waals surface area contributed by atoms with Gasteiger partial charge < -0.3 is 16.4 Å². The Morgan fingerprint density at radius 1 is 0.786 bits per heavy atom. The fraction of sp³-hybridized carbons (Fsp3) is 0.0400. The Kier molecular flexibility index (Phi) is 2.34. The number of nitrogens with zero attached hydrogens (tertiary/aromatic N) is 2. The molecule has 6 aromatic carbocycles. The van der Waals surface area contributed by atoms with Gasteiger partial charge in [0.25, 0.3) is 0 Å². The highest BCUT2D eigenvalue weighted by molar-refractivity contribution is 6.39. The number of hydrogen-bond acceptors (Lipinski definition) is 2. The fourth-order valence-electron chi connectivity index (χ4n) is 5.37. The van der Waals surface area contributed by atoms with Gasteiger partial charge in [-0.1, -0.05) is 36.4 Å². The Bertz CT molecular complexity index is 1660. The van der Waals surface area contributed by atoms with Crippen molar-refractivity contribution in [1.29, 1.82) is 0 Å². The largest absolute Gasteiger partial charge is 0.706 e. The zero-order valence-corrected chi connectivity index (χ0v) is 15.0. The summed E-state index contributed by atoms with van der Waals surface area (Å²) in [5.41, 5.74) is 20.1. The van der Waals surface area contributed by atoms with E-state index >= 15 is 0 Å². The summed E-state index contributed by atoms with van der Waals surface area (Å²) in [6.07, 6.45) is 5.33. The summed E-state index contributed by atoms with van der Waals surface area (Å²) in [5, 5.41) is 15.3. The topological polar surface area (TPSA) is 60.7 Å². The number of allylic oxidation sites excluding steroid dienone is 1. The minimum Gasteiger partial charge on any atom is -0.706 e. The van der Waals surface area contributed by atoms with E-state index in [1.807, 2.05) is 6.07 Å². The van der Waals surface area contributed by atoms with Crippen molar-refractivity contribution in [3.8, 4) is 0 Å². The van der Waals surface area contributed by atoms with Gasteiger partial charge in [0.05, 0.1) is 0 Å². The molecule has 0 aromatic heterocycles. The average Bonchev–Trinajstić information content (AvgIpc) is 2.72. The molecule has 0 atom stereocenters. The maximum atomic E-state index is 9.74. The molecule has 1 aliphatic carbocycles. The molecule has 0 bridgehead atoms.